The molecule has 0 spiro atoms. The van der Waals surface area contributed by atoms with Gasteiger partial charge in [0.05, 0.1) is 11.5 Å². The van der Waals surface area contributed by atoms with E-state index in [0.717, 1.165) is 11.1 Å². The minimum atomic E-state index is -1.14. The highest BCUT2D eigenvalue weighted by atomic mass is 32.2. The highest BCUT2D eigenvalue weighted by molar-refractivity contribution is 8.22. The largest absolute Gasteiger partial charge is 0.469 e. The van der Waals surface area contributed by atoms with Crippen LogP contribution in [-0.2, 0) is 29.4 Å². The van der Waals surface area contributed by atoms with E-state index in [4.69, 9.17) is 35.9 Å². The molecule has 2 aromatic carbocycles. The molecule has 0 bridgehead atoms. The molecule has 11 heteroatoms. The molecule has 0 aliphatic carbocycles. The Balaban J connectivity index is 1.42. The summed E-state index contributed by atoms with van der Waals surface area (Å²) in [5, 5.41) is 21.6. The number of aliphatic hydroxyl groups excluding tert-OH is 1. The molecule has 2 saturated heterocycles. The van der Waals surface area contributed by atoms with Crippen LogP contribution in [0.15, 0.2) is 54.6 Å². The first kappa shape index (κ1) is 24.0. The zero-order valence-corrected chi connectivity index (χ0v) is 19.3. The zero-order chi connectivity index (χ0) is 23.4. The Hall–Kier alpha value is -2.12. The van der Waals surface area contributed by atoms with Gasteiger partial charge in [0.25, 0.3) is 5.69 Å². The first-order valence-electron chi connectivity index (χ1n) is 10.2. The van der Waals surface area contributed by atoms with E-state index in [-0.39, 0.29) is 16.7 Å². The highest BCUT2D eigenvalue weighted by Crippen LogP contribution is 2.36. The van der Waals surface area contributed by atoms with Crippen molar-refractivity contribution >= 4 is 34.0 Å². The molecule has 0 amide bonds. The number of thioether (sulfide) groups is 1. The normalized spacial score (nSPS) is 29.2. The van der Waals surface area contributed by atoms with Gasteiger partial charge in [-0.15, -0.1) is 0 Å². The SMILES string of the molecule is CO[C@H]1O[C@@H]2COC(c3ccccc3)O[C@H]2[C@H](OC(=S)SCc2ccc([N+](=O)[O-])cc2)[C@H]1O. The van der Waals surface area contributed by atoms with E-state index < -0.39 is 41.9 Å². The maximum absolute atomic E-state index is 10.8. The molecule has 2 aliphatic rings. The number of hydrogen-bond donors (Lipinski definition) is 1. The number of non-ortho nitro benzene ring substituents is 1. The summed E-state index contributed by atoms with van der Waals surface area (Å²) in [5.41, 5.74) is 1.71. The Kier molecular flexibility index (Phi) is 7.91. The molecule has 0 radical (unpaired) electrons. The van der Waals surface area contributed by atoms with Crippen molar-refractivity contribution in [2.24, 2.45) is 0 Å². The van der Waals surface area contributed by atoms with Gasteiger partial charge >= 0.3 is 0 Å². The molecule has 0 aromatic heterocycles. The zero-order valence-electron chi connectivity index (χ0n) is 17.6. The van der Waals surface area contributed by atoms with Gasteiger partial charge in [-0.3, -0.25) is 10.1 Å². The molecular weight excluding hydrogens is 470 g/mol. The molecule has 6 atom stereocenters. The average molecular weight is 494 g/mol. The number of ether oxygens (including phenoxy) is 5. The van der Waals surface area contributed by atoms with Crippen LogP contribution in [0, 0.1) is 10.1 Å². The maximum Gasteiger partial charge on any atom is 0.269 e. The lowest BCUT2D eigenvalue weighted by atomic mass is 9.97. The number of thiocarbonyl (C=S) groups is 1. The van der Waals surface area contributed by atoms with Crippen LogP contribution in [-0.4, -0.2) is 58.8 Å². The van der Waals surface area contributed by atoms with E-state index in [1.165, 1.54) is 31.0 Å². The van der Waals surface area contributed by atoms with Crippen LogP contribution in [0.3, 0.4) is 0 Å². The molecule has 1 unspecified atom stereocenters. The number of nitro benzene ring substituents is 1. The predicted molar refractivity (Wildman–Crippen MR) is 124 cm³/mol. The fourth-order valence-electron chi connectivity index (χ4n) is 3.67. The van der Waals surface area contributed by atoms with Gasteiger partial charge in [-0.1, -0.05) is 54.2 Å². The Bertz CT molecular complexity index is 961. The van der Waals surface area contributed by atoms with Crippen molar-refractivity contribution in [1.29, 1.82) is 0 Å². The molecule has 176 valence electrons. The lowest BCUT2D eigenvalue weighted by Crippen LogP contribution is -2.63. The van der Waals surface area contributed by atoms with Gasteiger partial charge in [-0.25, -0.2) is 0 Å². The summed E-state index contributed by atoms with van der Waals surface area (Å²) in [6.45, 7) is 0.235. The second-order valence-corrected chi connectivity index (χ2v) is 9.07. The topological polar surface area (TPSA) is 110 Å². The minimum absolute atomic E-state index is 0.0224. The summed E-state index contributed by atoms with van der Waals surface area (Å²) >= 11 is 6.64. The van der Waals surface area contributed by atoms with E-state index >= 15 is 0 Å². The van der Waals surface area contributed by atoms with E-state index in [1.807, 2.05) is 30.3 Å². The number of benzene rings is 2. The third kappa shape index (κ3) is 5.69. The lowest BCUT2D eigenvalue weighted by Gasteiger charge is -2.47. The minimum Gasteiger partial charge on any atom is -0.469 e. The first-order chi connectivity index (χ1) is 16.0. The third-order valence-corrected chi connectivity index (χ3v) is 6.61. The Labute approximate surface area is 200 Å². The predicted octanol–water partition coefficient (Wildman–Crippen LogP) is 3.34. The number of nitro groups is 1. The van der Waals surface area contributed by atoms with E-state index in [2.05, 4.69) is 0 Å². The molecule has 2 fully saturated rings. The van der Waals surface area contributed by atoms with Crippen molar-refractivity contribution in [3.63, 3.8) is 0 Å². The fourth-order valence-corrected chi connectivity index (χ4v) is 4.62. The molecular formula is C22H23NO8S2. The van der Waals surface area contributed by atoms with Crippen molar-refractivity contribution in [3.05, 3.63) is 75.8 Å². The number of methoxy groups -OCH3 is 1. The van der Waals surface area contributed by atoms with Gasteiger partial charge in [-0.05, 0) is 17.8 Å². The second-order valence-electron chi connectivity index (χ2n) is 7.49. The summed E-state index contributed by atoms with van der Waals surface area (Å²) in [5.74, 6) is 0.453. The van der Waals surface area contributed by atoms with Crippen LogP contribution in [0.2, 0.25) is 0 Å². The molecule has 1 N–H and O–H groups in total. The lowest BCUT2D eigenvalue weighted by molar-refractivity contribution is -0.384. The van der Waals surface area contributed by atoms with Crippen molar-refractivity contribution in [3.8, 4) is 0 Å². The Morgan fingerprint density at radius 2 is 1.94 bits per heavy atom. The second kappa shape index (κ2) is 10.9. The average Bonchev–Trinajstić information content (AvgIpc) is 2.84. The number of nitrogens with zero attached hydrogens (tertiary/aromatic N) is 1. The monoisotopic (exact) mass is 493 g/mol. The Morgan fingerprint density at radius 3 is 2.61 bits per heavy atom. The summed E-state index contributed by atoms with van der Waals surface area (Å²) in [6.07, 6.45) is -4.66. The molecule has 2 aliphatic heterocycles. The van der Waals surface area contributed by atoms with Gasteiger partial charge < -0.3 is 28.8 Å². The highest BCUT2D eigenvalue weighted by Gasteiger charge is 2.51. The summed E-state index contributed by atoms with van der Waals surface area (Å²) < 4.78 is 29.2. The molecule has 2 aromatic rings. The van der Waals surface area contributed by atoms with Crippen LogP contribution in [0.25, 0.3) is 0 Å². The maximum atomic E-state index is 10.8. The first-order valence-corrected chi connectivity index (χ1v) is 11.6. The van der Waals surface area contributed by atoms with Crippen LogP contribution in [0.1, 0.15) is 17.4 Å². The van der Waals surface area contributed by atoms with E-state index in [9.17, 15) is 15.2 Å². The smallest absolute Gasteiger partial charge is 0.269 e. The summed E-state index contributed by atoms with van der Waals surface area (Å²) in [6, 6.07) is 15.7. The van der Waals surface area contributed by atoms with Crippen molar-refractivity contribution in [2.75, 3.05) is 13.7 Å². The van der Waals surface area contributed by atoms with Crippen LogP contribution >= 0.6 is 24.0 Å². The van der Waals surface area contributed by atoms with E-state index in [1.54, 1.807) is 12.1 Å². The molecule has 9 nitrogen and oxygen atoms in total. The number of rotatable bonds is 6. The Morgan fingerprint density at radius 1 is 1.21 bits per heavy atom. The number of hydrogen-bond acceptors (Lipinski definition) is 10. The van der Waals surface area contributed by atoms with Crippen LogP contribution in [0.5, 0.6) is 0 Å². The number of aliphatic hydroxyl groups is 1. The standard InChI is InChI=1S/C22H23NO8S2/c1-27-21-17(24)19(31-22(32)33-12-13-7-9-15(10-8-13)23(25)26)18-16(29-21)11-28-20(30-18)14-5-3-2-4-6-14/h2-10,16-21,24H,11-12H2,1H3/t16-,17-,18-,19-,20?,21+/m1/s1. The van der Waals surface area contributed by atoms with Gasteiger partial charge in [0, 0.05) is 30.6 Å². The molecule has 33 heavy (non-hydrogen) atoms. The van der Waals surface area contributed by atoms with Crippen LogP contribution < -0.4 is 0 Å². The van der Waals surface area contributed by atoms with Crippen molar-refractivity contribution in [1.82, 2.24) is 0 Å². The quantitative estimate of drug-likeness (QED) is 0.365. The van der Waals surface area contributed by atoms with E-state index in [0.29, 0.717) is 5.75 Å². The van der Waals surface area contributed by atoms with Gasteiger partial charge in [0.2, 0.25) is 4.38 Å². The van der Waals surface area contributed by atoms with Crippen molar-refractivity contribution < 1.29 is 33.7 Å². The summed E-state index contributed by atoms with van der Waals surface area (Å²) in [4.78, 5) is 10.4. The van der Waals surface area contributed by atoms with Crippen molar-refractivity contribution in [2.45, 2.75) is 42.7 Å². The molecule has 2 heterocycles. The van der Waals surface area contributed by atoms with Gasteiger partial charge in [-0.2, -0.15) is 0 Å². The third-order valence-electron chi connectivity index (χ3n) is 5.35. The van der Waals surface area contributed by atoms with Crippen LogP contribution in [0.4, 0.5) is 5.69 Å². The van der Waals surface area contributed by atoms with Gasteiger partial charge in [0.1, 0.15) is 18.3 Å². The molecule has 4 rings (SSSR count). The summed E-state index contributed by atoms with van der Waals surface area (Å²) in [7, 11) is 1.43. The van der Waals surface area contributed by atoms with Gasteiger partial charge in [0.15, 0.2) is 18.7 Å². The number of fused-ring (bicyclic) bond motifs is 1. The molecule has 0 saturated carbocycles. The fraction of sp³-hybridized carbons (Fsp3) is 0.409.